The van der Waals surface area contributed by atoms with E-state index in [0.29, 0.717) is 0 Å². The van der Waals surface area contributed by atoms with Crippen molar-refractivity contribution in [3.63, 3.8) is 0 Å². The highest BCUT2D eigenvalue weighted by Gasteiger charge is 2.41. The molecule has 0 amide bonds. The van der Waals surface area contributed by atoms with Gasteiger partial charge in [-0.15, -0.1) is 0 Å². The molecule has 1 aliphatic heterocycles. The van der Waals surface area contributed by atoms with Crippen LogP contribution < -0.4 is 5.32 Å². The molecular formula is C8H17NO4. The Labute approximate surface area is 77.7 Å². The first-order chi connectivity index (χ1) is 6.11. The lowest BCUT2D eigenvalue weighted by Gasteiger charge is -2.40. The number of nitrogens with one attached hydrogen (secondary N) is 1. The normalized spacial score (nSPS) is 46.4. The molecule has 0 aromatic rings. The van der Waals surface area contributed by atoms with Crippen LogP contribution in [0.3, 0.4) is 0 Å². The minimum Gasteiger partial charge on any atom is -0.388 e. The Morgan fingerprint density at radius 3 is 2.38 bits per heavy atom. The second kappa shape index (κ2) is 4.34. The van der Waals surface area contributed by atoms with Crippen molar-refractivity contribution in [3.05, 3.63) is 0 Å². The number of aliphatic hydroxyl groups is 2. The minimum absolute atomic E-state index is 0.187. The van der Waals surface area contributed by atoms with E-state index in [-0.39, 0.29) is 12.1 Å². The Balaban J connectivity index is 2.66. The topological polar surface area (TPSA) is 71.0 Å². The van der Waals surface area contributed by atoms with E-state index in [1.807, 2.05) is 6.92 Å². The van der Waals surface area contributed by atoms with Gasteiger partial charge in [0.1, 0.15) is 12.2 Å². The number of likely N-dealkylation sites (N-methyl/N-ethyl adjacent to an activating group) is 1. The zero-order chi connectivity index (χ0) is 10.0. The van der Waals surface area contributed by atoms with E-state index in [4.69, 9.17) is 9.47 Å². The van der Waals surface area contributed by atoms with Crippen LogP contribution in [0.4, 0.5) is 0 Å². The summed E-state index contributed by atoms with van der Waals surface area (Å²) in [4.78, 5) is 0. The van der Waals surface area contributed by atoms with Gasteiger partial charge in [-0.2, -0.15) is 0 Å². The van der Waals surface area contributed by atoms with Gasteiger partial charge >= 0.3 is 0 Å². The quantitative estimate of drug-likeness (QED) is 0.505. The van der Waals surface area contributed by atoms with Gasteiger partial charge in [-0.25, -0.2) is 0 Å². The van der Waals surface area contributed by atoms with Gasteiger partial charge in [-0.1, -0.05) is 0 Å². The van der Waals surface area contributed by atoms with E-state index < -0.39 is 18.5 Å². The van der Waals surface area contributed by atoms with E-state index in [1.165, 1.54) is 7.11 Å². The maximum absolute atomic E-state index is 9.64. The zero-order valence-corrected chi connectivity index (χ0v) is 8.10. The van der Waals surface area contributed by atoms with Crippen molar-refractivity contribution in [2.45, 2.75) is 37.6 Å². The summed E-state index contributed by atoms with van der Waals surface area (Å²) in [5, 5.41) is 22.0. The molecule has 0 bridgehead atoms. The van der Waals surface area contributed by atoms with Crippen LogP contribution in [-0.4, -0.2) is 55.0 Å². The Bertz CT molecular complexity index is 166. The van der Waals surface area contributed by atoms with E-state index in [0.717, 1.165) is 0 Å². The highest BCUT2D eigenvalue weighted by molar-refractivity contribution is 4.91. The van der Waals surface area contributed by atoms with Crippen LogP contribution in [0.25, 0.3) is 0 Å². The number of ether oxygens (including phenoxy) is 2. The smallest absolute Gasteiger partial charge is 0.186 e. The molecule has 1 aliphatic rings. The molecule has 1 saturated heterocycles. The summed E-state index contributed by atoms with van der Waals surface area (Å²) in [5.74, 6) is 0. The van der Waals surface area contributed by atoms with Crippen molar-refractivity contribution < 1.29 is 19.7 Å². The fraction of sp³-hybridized carbons (Fsp3) is 1.00. The van der Waals surface area contributed by atoms with Crippen LogP contribution in [-0.2, 0) is 9.47 Å². The third kappa shape index (κ3) is 2.00. The fourth-order valence-electron chi connectivity index (χ4n) is 1.63. The van der Waals surface area contributed by atoms with Gasteiger partial charge in [-0.3, -0.25) is 0 Å². The molecule has 5 heteroatoms. The number of methoxy groups -OCH3 is 1. The minimum atomic E-state index is -1.00. The van der Waals surface area contributed by atoms with Gasteiger partial charge in [0.05, 0.1) is 12.1 Å². The van der Waals surface area contributed by atoms with Crippen molar-refractivity contribution in [2.75, 3.05) is 14.2 Å². The molecule has 78 valence electrons. The molecule has 5 nitrogen and oxygen atoms in total. The monoisotopic (exact) mass is 191 g/mol. The second-order valence-corrected chi connectivity index (χ2v) is 3.24. The van der Waals surface area contributed by atoms with Crippen molar-refractivity contribution >= 4 is 0 Å². The van der Waals surface area contributed by atoms with Crippen LogP contribution >= 0.6 is 0 Å². The van der Waals surface area contributed by atoms with E-state index >= 15 is 0 Å². The molecule has 1 fully saturated rings. The summed E-state index contributed by atoms with van der Waals surface area (Å²) >= 11 is 0. The highest BCUT2D eigenvalue weighted by Crippen LogP contribution is 2.20. The van der Waals surface area contributed by atoms with Gasteiger partial charge in [-0.05, 0) is 14.0 Å². The number of rotatable bonds is 2. The molecule has 5 atom stereocenters. The Morgan fingerprint density at radius 2 is 1.92 bits per heavy atom. The van der Waals surface area contributed by atoms with Gasteiger partial charge in [0.2, 0.25) is 0 Å². The molecule has 0 radical (unpaired) electrons. The molecule has 0 spiro atoms. The summed E-state index contributed by atoms with van der Waals surface area (Å²) in [6.07, 6.45) is -2.79. The van der Waals surface area contributed by atoms with Crippen LogP contribution in [0.2, 0.25) is 0 Å². The molecule has 13 heavy (non-hydrogen) atoms. The maximum Gasteiger partial charge on any atom is 0.186 e. The SMILES string of the molecule is CN[C@H]1[C@H](O)[C@@H](O)[C@@H](OC)O[C@@H]1C. The standard InChI is InChI=1S/C8H17NO4/c1-4-5(9-2)6(10)7(11)8(12-3)13-4/h4-11H,1-3H3/t4-,5-,6+,7-,8+/m1/s1. The maximum atomic E-state index is 9.64. The Morgan fingerprint density at radius 1 is 1.31 bits per heavy atom. The van der Waals surface area contributed by atoms with Crippen LogP contribution in [0.5, 0.6) is 0 Å². The van der Waals surface area contributed by atoms with Crippen molar-refractivity contribution in [3.8, 4) is 0 Å². The van der Waals surface area contributed by atoms with Crippen LogP contribution in [0.1, 0.15) is 6.92 Å². The van der Waals surface area contributed by atoms with Crippen LogP contribution in [0.15, 0.2) is 0 Å². The van der Waals surface area contributed by atoms with Gasteiger partial charge in [0, 0.05) is 7.11 Å². The summed E-state index contributed by atoms with van der Waals surface area (Å²) < 4.78 is 10.2. The molecule has 3 N–H and O–H groups in total. The van der Waals surface area contributed by atoms with Gasteiger partial charge in [0.25, 0.3) is 0 Å². The lowest BCUT2D eigenvalue weighted by Crippen LogP contribution is -2.61. The number of aliphatic hydroxyl groups excluding tert-OH is 2. The summed E-state index contributed by atoms with van der Waals surface area (Å²) in [6.45, 7) is 1.82. The number of hydrogen-bond acceptors (Lipinski definition) is 5. The van der Waals surface area contributed by atoms with Crippen molar-refractivity contribution in [1.82, 2.24) is 5.32 Å². The molecule has 0 aliphatic carbocycles. The predicted molar refractivity (Wildman–Crippen MR) is 46.2 cm³/mol. The molecule has 0 saturated carbocycles. The summed E-state index contributed by atoms with van der Waals surface area (Å²) in [5.41, 5.74) is 0. The highest BCUT2D eigenvalue weighted by atomic mass is 16.7. The average molecular weight is 191 g/mol. The zero-order valence-electron chi connectivity index (χ0n) is 8.10. The fourth-order valence-corrected chi connectivity index (χ4v) is 1.63. The van der Waals surface area contributed by atoms with Gasteiger partial charge in [0.15, 0.2) is 6.29 Å². The van der Waals surface area contributed by atoms with Crippen molar-refractivity contribution in [1.29, 1.82) is 0 Å². The number of hydrogen-bond donors (Lipinski definition) is 3. The average Bonchev–Trinajstić information content (AvgIpc) is 2.12. The predicted octanol–water partition coefficient (Wildman–Crippen LogP) is -1.31. The summed E-state index contributed by atoms with van der Waals surface area (Å²) in [6, 6.07) is -0.263. The summed E-state index contributed by atoms with van der Waals surface area (Å²) in [7, 11) is 3.15. The molecular weight excluding hydrogens is 174 g/mol. The molecule has 1 rings (SSSR count). The van der Waals surface area contributed by atoms with Gasteiger partial charge < -0.3 is 25.0 Å². The lowest BCUT2D eigenvalue weighted by atomic mass is 9.97. The first-order valence-electron chi connectivity index (χ1n) is 4.33. The lowest BCUT2D eigenvalue weighted by molar-refractivity contribution is -0.263. The van der Waals surface area contributed by atoms with Crippen molar-refractivity contribution in [2.24, 2.45) is 0 Å². The van der Waals surface area contributed by atoms with E-state index in [9.17, 15) is 10.2 Å². The third-order valence-corrected chi connectivity index (χ3v) is 2.42. The molecule has 0 unspecified atom stereocenters. The first-order valence-corrected chi connectivity index (χ1v) is 4.33. The Kier molecular flexibility index (Phi) is 3.63. The first kappa shape index (κ1) is 10.9. The molecule has 0 aromatic carbocycles. The van der Waals surface area contributed by atoms with Crippen LogP contribution in [0, 0.1) is 0 Å². The van der Waals surface area contributed by atoms with E-state index in [2.05, 4.69) is 5.32 Å². The second-order valence-electron chi connectivity index (χ2n) is 3.24. The van der Waals surface area contributed by atoms with E-state index in [1.54, 1.807) is 7.05 Å². The third-order valence-electron chi connectivity index (χ3n) is 2.42. The molecule has 0 aromatic heterocycles. The Hall–Kier alpha value is -0.200. The molecule has 1 heterocycles. The largest absolute Gasteiger partial charge is 0.388 e.